The van der Waals surface area contributed by atoms with Gasteiger partial charge in [0.25, 0.3) is 0 Å². The molecule has 1 aliphatic rings. The minimum absolute atomic E-state index is 0.0193. The molecule has 0 amide bonds. The maximum absolute atomic E-state index is 10.9. The molecule has 9 nitrogen and oxygen atoms in total. The molecule has 9 heteroatoms. The Morgan fingerprint density at radius 3 is 2.88 bits per heavy atom. The second kappa shape index (κ2) is 7.31. The van der Waals surface area contributed by atoms with Crippen LogP contribution in [0.4, 0.5) is 17.5 Å². The van der Waals surface area contributed by atoms with E-state index in [2.05, 4.69) is 9.97 Å². The third-order valence-corrected chi connectivity index (χ3v) is 4.07. The number of ether oxygens (including phenoxy) is 1. The summed E-state index contributed by atoms with van der Waals surface area (Å²) in [7, 11) is 0. The second-order valence-electron chi connectivity index (χ2n) is 5.84. The van der Waals surface area contributed by atoms with Gasteiger partial charge in [-0.25, -0.2) is 4.98 Å². The Morgan fingerprint density at radius 1 is 1.44 bits per heavy atom. The van der Waals surface area contributed by atoms with Gasteiger partial charge in [0.05, 0.1) is 11.0 Å². The van der Waals surface area contributed by atoms with Crippen LogP contribution in [-0.2, 0) is 11.3 Å². The van der Waals surface area contributed by atoms with Gasteiger partial charge in [-0.15, -0.1) is 0 Å². The summed E-state index contributed by atoms with van der Waals surface area (Å²) in [6.07, 6.45) is 3.02. The number of para-hydroxylation sites is 1. The van der Waals surface area contributed by atoms with E-state index < -0.39 is 4.92 Å². The average Bonchev–Trinajstić information content (AvgIpc) is 3.09. The van der Waals surface area contributed by atoms with Gasteiger partial charge in [0.2, 0.25) is 11.8 Å². The normalized spacial score (nSPS) is 16.7. The van der Waals surface area contributed by atoms with Crippen molar-refractivity contribution in [2.75, 3.05) is 23.8 Å². The SMILES string of the molecule is Nc1nc(N(Cc2ccccc2O)C[C@H]2CCCO2)ncc1[N+](=O)[O-]. The summed E-state index contributed by atoms with van der Waals surface area (Å²) in [6, 6.07) is 6.96. The molecule has 1 fully saturated rings. The van der Waals surface area contributed by atoms with Crippen molar-refractivity contribution in [2.45, 2.75) is 25.5 Å². The molecule has 3 N–H and O–H groups in total. The molecule has 3 rings (SSSR count). The Labute approximate surface area is 144 Å². The number of nitrogen functional groups attached to an aromatic ring is 1. The third kappa shape index (κ3) is 3.94. The van der Waals surface area contributed by atoms with E-state index in [0.717, 1.165) is 19.0 Å². The molecule has 1 aromatic carbocycles. The lowest BCUT2D eigenvalue weighted by Crippen LogP contribution is -2.33. The summed E-state index contributed by atoms with van der Waals surface area (Å²) in [6.45, 7) is 1.55. The molecule has 1 atom stereocenters. The monoisotopic (exact) mass is 345 g/mol. The fourth-order valence-electron chi connectivity index (χ4n) is 2.77. The molecular weight excluding hydrogens is 326 g/mol. The molecule has 1 aliphatic heterocycles. The summed E-state index contributed by atoms with van der Waals surface area (Å²) in [5, 5.41) is 20.9. The summed E-state index contributed by atoms with van der Waals surface area (Å²) >= 11 is 0. The summed E-state index contributed by atoms with van der Waals surface area (Å²) in [5.74, 6) is 0.237. The topological polar surface area (TPSA) is 128 Å². The fourth-order valence-corrected chi connectivity index (χ4v) is 2.77. The number of hydrogen-bond donors (Lipinski definition) is 2. The zero-order chi connectivity index (χ0) is 17.8. The fraction of sp³-hybridized carbons (Fsp3) is 0.375. The first-order valence-corrected chi connectivity index (χ1v) is 7.95. The summed E-state index contributed by atoms with van der Waals surface area (Å²) < 4.78 is 5.67. The van der Waals surface area contributed by atoms with Crippen molar-refractivity contribution in [1.29, 1.82) is 0 Å². The smallest absolute Gasteiger partial charge is 0.329 e. The number of nitrogens with two attached hydrogens (primary N) is 1. The van der Waals surface area contributed by atoms with Crippen LogP contribution in [0, 0.1) is 10.1 Å². The van der Waals surface area contributed by atoms with Gasteiger partial charge in [-0.3, -0.25) is 10.1 Å². The number of nitro groups is 1. The predicted molar refractivity (Wildman–Crippen MR) is 91.2 cm³/mol. The quantitative estimate of drug-likeness (QED) is 0.600. The van der Waals surface area contributed by atoms with Gasteiger partial charge in [0.15, 0.2) is 0 Å². The Morgan fingerprint density at radius 2 is 2.24 bits per heavy atom. The van der Waals surface area contributed by atoms with Crippen LogP contribution in [-0.4, -0.2) is 39.3 Å². The molecule has 25 heavy (non-hydrogen) atoms. The van der Waals surface area contributed by atoms with E-state index >= 15 is 0 Å². The standard InChI is InChI=1S/C16H19N5O4/c17-15-13(21(23)24)8-18-16(19-15)20(10-12-5-3-7-25-12)9-11-4-1-2-6-14(11)22/h1-2,4,6,8,12,22H,3,5,7,9-10H2,(H2,17,18,19)/t12-/m1/s1. The van der Waals surface area contributed by atoms with E-state index in [9.17, 15) is 15.2 Å². The van der Waals surface area contributed by atoms with Crippen LogP contribution in [0.2, 0.25) is 0 Å². The summed E-state index contributed by atoms with van der Waals surface area (Å²) in [5.41, 5.74) is 6.06. The average molecular weight is 345 g/mol. The summed E-state index contributed by atoms with van der Waals surface area (Å²) in [4.78, 5) is 20.2. The van der Waals surface area contributed by atoms with Gasteiger partial charge in [0, 0.05) is 25.3 Å². The van der Waals surface area contributed by atoms with E-state index in [-0.39, 0.29) is 29.3 Å². The molecule has 1 saturated heterocycles. The largest absolute Gasteiger partial charge is 0.508 e. The lowest BCUT2D eigenvalue weighted by atomic mass is 10.1. The lowest BCUT2D eigenvalue weighted by molar-refractivity contribution is -0.384. The minimum Gasteiger partial charge on any atom is -0.508 e. The van der Waals surface area contributed by atoms with E-state index in [0.29, 0.717) is 25.3 Å². The van der Waals surface area contributed by atoms with E-state index in [1.807, 2.05) is 11.0 Å². The number of phenols is 1. The second-order valence-corrected chi connectivity index (χ2v) is 5.84. The maximum atomic E-state index is 10.9. The lowest BCUT2D eigenvalue weighted by Gasteiger charge is -2.25. The Kier molecular flexibility index (Phi) is 4.94. The molecule has 2 aromatic rings. The first kappa shape index (κ1) is 16.9. The molecule has 0 bridgehead atoms. The molecule has 0 spiro atoms. The number of nitrogens with zero attached hydrogens (tertiary/aromatic N) is 4. The molecule has 2 heterocycles. The maximum Gasteiger partial charge on any atom is 0.329 e. The minimum atomic E-state index is -0.618. The van der Waals surface area contributed by atoms with Crippen molar-refractivity contribution >= 4 is 17.5 Å². The highest BCUT2D eigenvalue weighted by molar-refractivity contribution is 5.54. The number of benzene rings is 1. The number of aromatic hydroxyl groups is 1. The first-order valence-electron chi connectivity index (χ1n) is 7.95. The Bertz CT molecular complexity index is 764. The number of rotatable bonds is 6. The molecular formula is C16H19N5O4. The highest BCUT2D eigenvalue weighted by Crippen LogP contribution is 2.25. The van der Waals surface area contributed by atoms with Crippen molar-refractivity contribution < 1.29 is 14.8 Å². The zero-order valence-electron chi connectivity index (χ0n) is 13.5. The van der Waals surface area contributed by atoms with Gasteiger partial charge < -0.3 is 20.5 Å². The molecule has 0 radical (unpaired) electrons. The first-order chi connectivity index (χ1) is 12.0. The highest BCUT2D eigenvalue weighted by atomic mass is 16.6. The molecule has 1 aromatic heterocycles. The van der Waals surface area contributed by atoms with Crippen molar-refractivity contribution in [3.63, 3.8) is 0 Å². The predicted octanol–water partition coefficient (Wildman–Crippen LogP) is 1.86. The molecule has 0 unspecified atom stereocenters. The number of anilines is 2. The number of phenolic OH excluding ortho intramolecular Hbond substituents is 1. The van der Waals surface area contributed by atoms with Crippen LogP contribution in [0.25, 0.3) is 0 Å². The van der Waals surface area contributed by atoms with Crippen molar-refractivity contribution in [1.82, 2.24) is 9.97 Å². The van der Waals surface area contributed by atoms with Crippen molar-refractivity contribution in [3.8, 4) is 5.75 Å². The van der Waals surface area contributed by atoms with Crippen LogP contribution in [0.1, 0.15) is 18.4 Å². The van der Waals surface area contributed by atoms with Gasteiger partial charge in [-0.2, -0.15) is 4.98 Å². The van der Waals surface area contributed by atoms with Gasteiger partial charge in [-0.1, -0.05) is 18.2 Å². The molecule has 0 saturated carbocycles. The molecule has 132 valence electrons. The number of aromatic nitrogens is 2. The zero-order valence-corrected chi connectivity index (χ0v) is 13.5. The van der Waals surface area contributed by atoms with E-state index in [1.165, 1.54) is 0 Å². The van der Waals surface area contributed by atoms with Crippen molar-refractivity contribution in [3.05, 3.63) is 46.1 Å². The van der Waals surface area contributed by atoms with E-state index in [1.54, 1.807) is 18.2 Å². The van der Waals surface area contributed by atoms with Crippen LogP contribution in [0.15, 0.2) is 30.5 Å². The van der Waals surface area contributed by atoms with Gasteiger partial charge >= 0.3 is 5.69 Å². The molecule has 0 aliphatic carbocycles. The highest BCUT2D eigenvalue weighted by Gasteiger charge is 2.24. The van der Waals surface area contributed by atoms with Crippen LogP contribution < -0.4 is 10.6 Å². The van der Waals surface area contributed by atoms with Crippen LogP contribution >= 0.6 is 0 Å². The Balaban J connectivity index is 1.88. The number of hydrogen-bond acceptors (Lipinski definition) is 8. The van der Waals surface area contributed by atoms with Gasteiger partial charge in [-0.05, 0) is 18.9 Å². The van der Waals surface area contributed by atoms with Crippen molar-refractivity contribution in [2.24, 2.45) is 0 Å². The van der Waals surface area contributed by atoms with Crippen LogP contribution in [0.5, 0.6) is 5.75 Å². The van der Waals surface area contributed by atoms with Crippen LogP contribution in [0.3, 0.4) is 0 Å². The van der Waals surface area contributed by atoms with Gasteiger partial charge in [0.1, 0.15) is 11.9 Å². The van der Waals surface area contributed by atoms with E-state index in [4.69, 9.17) is 10.5 Å². The Hall–Kier alpha value is -2.94. The third-order valence-electron chi connectivity index (χ3n) is 4.07.